The number of hydrogen-bond acceptors (Lipinski definition) is 3. The summed E-state index contributed by atoms with van der Waals surface area (Å²) < 4.78 is 13.1. The van der Waals surface area contributed by atoms with Crippen LogP contribution in [0.2, 0.25) is 0 Å². The zero-order valence-corrected chi connectivity index (χ0v) is 17.4. The van der Waals surface area contributed by atoms with Gasteiger partial charge in [0, 0.05) is 5.75 Å². The fraction of sp³-hybridized carbons (Fsp3) is 0.250. The maximum atomic E-state index is 13.1. The van der Waals surface area contributed by atoms with Crippen LogP contribution in [0, 0.1) is 5.82 Å². The molecule has 3 atom stereocenters. The first-order chi connectivity index (χ1) is 14.5. The number of amides is 2. The van der Waals surface area contributed by atoms with E-state index in [1.807, 2.05) is 49.4 Å². The average Bonchev–Trinajstić information content (AvgIpc) is 2.76. The highest BCUT2D eigenvalue weighted by atomic mass is 32.2. The van der Waals surface area contributed by atoms with Gasteiger partial charge in [0.25, 0.3) is 0 Å². The zero-order chi connectivity index (χ0) is 21.1. The molecule has 0 spiro atoms. The summed E-state index contributed by atoms with van der Waals surface area (Å²) in [5.74, 6) is -0.132. The maximum Gasteiger partial charge on any atom is 0.243 e. The lowest BCUT2D eigenvalue weighted by Crippen LogP contribution is -2.54. The molecule has 0 unspecified atom stereocenters. The molecule has 0 aliphatic carbocycles. The standard InChI is InChI=1S/C24H23FN2O2S/c1-15(19-8-4-6-17-5-2-3-7-20(17)19)26-23(28)21-14-30-22(24(29)27-21)13-16-9-11-18(25)12-10-16/h2-12,15,21-22H,13-14H2,1H3,(H,26,28)(H,27,29)/t15-,21-,22-/m0/s1. The smallest absolute Gasteiger partial charge is 0.243 e. The molecule has 3 aromatic carbocycles. The molecule has 0 saturated carbocycles. The predicted molar refractivity (Wildman–Crippen MR) is 119 cm³/mol. The Balaban J connectivity index is 1.37. The van der Waals surface area contributed by atoms with Gasteiger partial charge in [-0.15, -0.1) is 11.8 Å². The van der Waals surface area contributed by atoms with Crippen molar-refractivity contribution >= 4 is 34.3 Å². The van der Waals surface area contributed by atoms with Gasteiger partial charge in [0.1, 0.15) is 11.9 Å². The quantitative estimate of drug-likeness (QED) is 0.654. The molecule has 0 radical (unpaired) electrons. The summed E-state index contributed by atoms with van der Waals surface area (Å²) >= 11 is 1.47. The molecule has 3 aromatic rings. The van der Waals surface area contributed by atoms with Gasteiger partial charge in [-0.25, -0.2) is 4.39 Å². The summed E-state index contributed by atoms with van der Waals surface area (Å²) in [6.45, 7) is 1.95. The minimum absolute atomic E-state index is 0.159. The number of nitrogens with one attached hydrogen (secondary N) is 2. The Bertz CT molecular complexity index is 1060. The number of hydrogen-bond donors (Lipinski definition) is 2. The minimum Gasteiger partial charge on any atom is -0.348 e. The number of carbonyl (C=O) groups is 2. The van der Waals surface area contributed by atoms with E-state index < -0.39 is 6.04 Å². The normalized spacial score (nSPS) is 19.9. The van der Waals surface area contributed by atoms with Gasteiger partial charge in [0.15, 0.2) is 0 Å². The molecule has 1 aliphatic rings. The number of benzene rings is 3. The number of rotatable bonds is 5. The molecule has 4 nitrogen and oxygen atoms in total. The van der Waals surface area contributed by atoms with Gasteiger partial charge >= 0.3 is 0 Å². The van der Waals surface area contributed by atoms with Gasteiger partial charge in [0.2, 0.25) is 11.8 Å². The molecular formula is C24H23FN2O2S. The fourth-order valence-corrected chi connectivity index (χ4v) is 4.93. The van der Waals surface area contributed by atoms with Crippen molar-refractivity contribution in [1.82, 2.24) is 10.6 Å². The highest BCUT2D eigenvalue weighted by Gasteiger charge is 2.33. The van der Waals surface area contributed by atoms with Crippen LogP contribution in [0.15, 0.2) is 66.7 Å². The van der Waals surface area contributed by atoms with Crippen LogP contribution in [-0.2, 0) is 16.0 Å². The van der Waals surface area contributed by atoms with E-state index in [1.165, 1.54) is 23.9 Å². The third kappa shape index (κ3) is 4.49. The summed E-state index contributed by atoms with van der Waals surface area (Å²) in [6, 6.07) is 19.5. The van der Waals surface area contributed by atoms with Gasteiger partial charge in [-0.3, -0.25) is 9.59 Å². The third-order valence-corrected chi connectivity index (χ3v) is 6.68. The third-order valence-electron chi connectivity index (χ3n) is 5.37. The molecule has 1 saturated heterocycles. The minimum atomic E-state index is -0.565. The van der Waals surface area contributed by atoms with E-state index in [0.717, 1.165) is 21.9 Å². The molecule has 2 N–H and O–H groups in total. The van der Waals surface area contributed by atoms with E-state index >= 15 is 0 Å². The van der Waals surface area contributed by atoms with Gasteiger partial charge in [-0.2, -0.15) is 0 Å². The van der Waals surface area contributed by atoms with Crippen LogP contribution < -0.4 is 10.6 Å². The summed E-state index contributed by atoms with van der Waals surface area (Å²) in [7, 11) is 0. The van der Waals surface area contributed by atoms with Gasteiger partial charge in [0.05, 0.1) is 11.3 Å². The van der Waals surface area contributed by atoms with Crippen molar-refractivity contribution in [2.24, 2.45) is 0 Å². The average molecular weight is 423 g/mol. The van der Waals surface area contributed by atoms with Crippen LogP contribution >= 0.6 is 11.8 Å². The van der Waals surface area contributed by atoms with E-state index in [9.17, 15) is 14.0 Å². The summed E-state index contributed by atoms with van der Waals surface area (Å²) in [6.07, 6.45) is 0.511. The van der Waals surface area contributed by atoms with Crippen LogP contribution in [0.4, 0.5) is 4.39 Å². The van der Waals surface area contributed by atoms with Crippen LogP contribution in [0.3, 0.4) is 0 Å². The molecule has 6 heteroatoms. The van der Waals surface area contributed by atoms with Crippen molar-refractivity contribution in [1.29, 1.82) is 0 Å². The number of carbonyl (C=O) groups excluding carboxylic acids is 2. The van der Waals surface area contributed by atoms with Crippen molar-refractivity contribution in [2.75, 3.05) is 5.75 Å². The monoisotopic (exact) mass is 422 g/mol. The fourth-order valence-electron chi connectivity index (χ4n) is 3.74. The van der Waals surface area contributed by atoms with Crippen LogP contribution in [0.25, 0.3) is 10.8 Å². The van der Waals surface area contributed by atoms with E-state index in [1.54, 1.807) is 12.1 Å². The van der Waals surface area contributed by atoms with E-state index in [-0.39, 0.29) is 28.9 Å². The molecule has 0 aromatic heterocycles. The lowest BCUT2D eigenvalue weighted by Gasteiger charge is -2.29. The molecule has 1 aliphatic heterocycles. The molecule has 1 fully saturated rings. The topological polar surface area (TPSA) is 58.2 Å². The predicted octanol–water partition coefficient (Wildman–Crippen LogP) is 4.00. The SMILES string of the molecule is C[C@H](NC(=O)[C@@H]1CS[C@@H](Cc2ccc(F)cc2)C(=O)N1)c1cccc2ccccc12. The van der Waals surface area contributed by atoms with E-state index in [2.05, 4.69) is 10.6 Å². The number of fused-ring (bicyclic) bond motifs is 1. The van der Waals surface area contributed by atoms with Crippen molar-refractivity contribution in [3.63, 3.8) is 0 Å². The molecule has 1 heterocycles. The number of thioether (sulfide) groups is 1. The second-order valence-electron chi connectivity index (χ2n) is 7.51. The van der Waals surface area contributed by atoms with E-state index in [0.29, 0.717) is 12.2 Å². The molecule has 2 amide bonds. The van der Waals surface area contributed by atoms with E-state index in [4.69, 9.17) is 0 Å². The van der Waals surface area contributed by atoms with Gasteiger partial charge < -0.3 is 10.6 Å². The first-order valence-corrected chi connectivity index (χ1v) is 11.0. The lowest BCUT2D eigenvalue weighted by molar-refractivity contribution is -0.129. The van der Waals surface area contributed by atoms with Crippen LogP contribution in [0.5, 0.6) is 0 Å². The maximum absolute atomic E-state index is 13.1. The number of halogens is 1. The van der Waals surface area contributed by atoms with Crippen LogP contribution in [-0.4, -0.2) is 28.9 Å². The van der Waals surface area contributed by atoms with Gasteiger partial charge in [-0.1, -0.05) is 54.6 Å². The van der Waals surface area contributed by atoms with Crippen molar-refractivity contribution in [3.8, 4) is 0 Å². The Hall–Kier alpha value is -2.86. The summed E-state index contributed by atoms with van der Waals surface area (Å²) in [5, 5.41) is 7.84. The Morgan fingerprint density at radius 1 is 1.13 bits per heavy atom. The highest BCUT2D eigenvalue weighted by Crippen LogP contribution is 2.25. The zero-order valence-electron chi connectivity index (χ0n) is 16.6. The molecule has 30 heavy (non-hydrogen) atoms. The Labute approximate surface area is 179 Å². The lowest BCUT2D eigenvalue weighted by atomic mass is 9.99. The summed E-state index contributed by atoms with van der Waals surface area (Å²) in [4.78, 5) is 25.3. The largest absolute Gasteiger partial charge is 0.348 e. The summed E-state index contributed by atoms with van der Waals surface area (Å²) in [5.41, 5.74) is 1.95. The van der Waals surface area contributed by atoms with Crippen LogP contribution in [0.1, 0.15) is 24.1 Å². The first kappa shape index (κ1) is 20.4. The highest BCUT2D eigenvalue weighted by molar-refractivity contribution is 8.00. The molecular weight excluding hydrogens is 399 g/mol. The second-order valence-corrected chi connectivity index (χ2v) is 8.75. The molecule has 0 bridgehead atoms. The van der Waals surface area contributed by atoms with Gasteiger partial charge in [-0.05, 0) is 47.4 Å². The Kier molecular flexibility index (Phi) is 6.04. The van der Waals surface area contributed by atoms with Crippen molar-refractivity contribution < 1.29 is 14.0 Å². The molecule has 4 rings (SSSR count). The Morgan fingerprint density at radius 2 is 1.87 bits per heavy atom. The second kappa shape index (κ2) is 8.88. The van der Waals surface area contributed by atoms with Crippen molar-refractivity contribution in [3.05, 3.63) is 83.7 Å². The first-order valence-electron chi connectivity index (χ1n) is 9.96. The molecule has 154 valence electrons. The Morgan fingerprint density at radius 3 is 2.63 bits per heavy atom. The van der Waals surface area contributed by atoms with Crippen molar-refractivity contribution in [2.45, 2.75) is 30.7 Å².